The van der Waals surface area contributed by atoms with Gasteiger partial charge < -0.3 is 24.5 Å². The first-order valence-electron chi connectivity index (χ1n) is 10.3. The predicted molar refractivity (Wildman–Crippen MR) is 123 cm³/mol. The molecule has 10 heteroatoms. The van der Waals surface area contributed by atoms with Gasteiger partial charge in [-0.25, -0.2) is 14.6 Å². The van der Waals surface area contributed by atoms with Gasteiger partial charge in [-0.15, -0.1) is 0 Å². The molecule has 3 heterocycles. The number of anilines is 1. The minimum absolute atomic E-state index is 0.211. The molecule has 2 N–H and O–H groups in total. The Bertz CT molecular complexity index is 1250. The van der Waals surface area contributed by atoms with E-state index >= 15 is 0 Å². The summed E-state index contributed by atoms with van der Waals surface area (Å²) >= 11 is 0. The molecule has 10 nitrogen and oxygen atoms in total. The number of ether oxygens (including phenoxy) is 2. The lowest BCUT2D eigenvalue weighted by molar-refractivity contribution is -0.116. The fraction of sp³-hybridized carbons (Fsp3) is 0.217. The van der Waals surface area contributed by atoms with Crippen molar-refractivity contribution in [3.8, 4) is 11.5 Å². The molecule has 0 aliphatic heterocycles. The van der Waals surface area contributed by atoms with Crippen LogP contribution < -0.4 is 20.1 Å². The first-order chi connectivity index (χ1) is 16.2. The highest BCUT2D eigenvalue weighted by Crippen LogP contribution is 2.28. The Balaban J connectivity index is 1.33. The second-order valence-corrected chi connectivity index (χ2v) is 7.00. The Labute approximate surface area is 190 Å². The van der Waals surface area contributed by atoms with E-state index in [1.807, 2.05) is 18.2 Å². The number of nitrogens with zero attached hydrogens (tertiary/aromatic N) is 4. The fourth-order valence-corrected chi connectivity index (χ4v) is 3.25. The lowest BCUT2D eigenvalue weighted by Gasteiger charge is -2.07. The zero-order valence-corrected chi connectivity index (χ0v) is 18.3. The highest BCUT2D eigenvalue weighted by molar-refractivity contribution is 5.91. The van der Waals surface area contributed by atoms with Crippen molar-refractivity contribution < 1.29 is 18.7 Å². The monoisotopic (exact) mass is 448 g/mol. The van der Waals surface area contributed by atoms with Crippen LogP contribution in [0.2, 0.25) is 0 Å². The van der Waals surface area contributed by atoms with Crippen molar-refractivity contribution in [1.82, 2.24) is 25.1 Å². The second kappa shape index (κ2) is 10.3. The first-order valence-corrected chi connectivity index (χ1v) is 10.3. The van der Waals surface area contributed by atoms with Crippen molar-refractivity contribution in [2.45, 2.75) is 13.1 Å². The number of furan rings is 1. The molecule has 0 bridgehead atoms. The number of aromatic nitrogens is 4. The van der Waals surface area contributed by atoms with Crippen LogP contribution in [0.15, 0.2) is 59.6 Å². The van der Waals surface area contributed by atoms with Gasteiger partial charge in [-0.1, -0.05) is 6.07 Å². The van der Waals surface area contributed by atoms with E-state index in [1.165, 1.54) is 12.4 Å². The highest BCUT2D eigenvalue weighted by Gasteiger charge is 2.10. The van der Waals surface area contributed by atoms with Crippen molar-refractivity contribution in [3.63, 3.8) is 0 Å². The van der Waals surface area contributed by atoms with Gasteiger partial charge in [0, 0.05) is 12.6 Å². The minimum Gasteiger partial charge on any atom is -0.493 e. The van der Waals surface area contributed by atoms with Gasteiger partial charge in [-0.3, -0.25) is 4.79 Å². The van der Waals surface area contributed by atoms with E-state index in [-0.39, 0.29) is 5.91 Å². The number of hydrogen-bond acceptors (Lipinski definition) is 8. The molecule has 0 aliphatic carbocycles. The van der Waals surface area contributed by atoms with E-state index < -0.39 is 0 Å². The number of rotatable bonds is 10. The second-order valence-electron chi connectivity index (χ2n) is 7.00. The molecule has 0 fully saturated rings. The molecule has 0 unspecified atom stereocenters. The Morgan fingerprint density at radius 2 is 2.06 bits per heavy atom. The first kappa shape index (κ1) is 21.9. The molecule has 170 valence electrons. The normalized spacial score (nSPS) is 11.1. The smallest absolute Gasteiger partial charge is 0.244 e. The summed E-state index contributed by atoms with van der Waals surface area (Å²) in [7, 11) is 3.15. The summed E-state index contributed by atoms with van der Waals surface area (Å²) in [6, 6.07) is 9.16. The zero-order chi connectivity index (χ0) is 23.0. The number of hydrogen-bond donors (Lipinski definition) is 2. The fourth-order valence-electron chi connectivity index (χ4n) is 3.25. The number of nitrogens with one attached hydrogen (secondary N) is 2. The summed E-state index contributed by atoms with van der Waals surface area (Å²) in [6.45, 7) is 1.37. The van der Waals surface area contributed by atoms with E-state index in [0.717, 1.165) is 16.7 Å². The molecule has 4 aromatic rings. The molecule has 0 saturated heterocycles. The molecule has 1 amide bonds. The number of benzene rings is 1. The average Bonchev–Trinajstić information content (AvgIpc) is 3.51. The van der Waals surface area contributed by atoms with Gasteiger partial charge >= 0.3 is 0 Å². The van der Waals surface area contributed by atoms with Crippen molar-refractivity contribution in [2.24, 2.45) is 0 Å². The van der Waals surface area contributed by atoms with Crippen molar-refractivity contribution in [2.75, 3.05) is 26.1 Å². The Morgan fingerprint density at radius 1 is 1.18 bits per heavy atom. The maximum atomic E-state index is 12.2. The molecular formula is C23H24N6O4. The standard InChI is InChI=1S/C23H24N6O4/c1-31-19-7-5-16(12-20(19)32-2)6-8-21(30)24-9-10-29-23-18(14-28-29)22(26-15-27-23)25-13-17-4-3-11-33-17/h3-8,11-12,14-15H,9-10,13H2,1-2H3,(H,24,30)(H,25,26,27)/b8-6+. The van der Waals surface area contributed by atoms with Crippen LogP contribution >= 0.6 is 0 Å². The molecule has 33 heavy (non-hydrogen) atoms. The number of carbonyl (C=O) groups is 1. The quantitative estimate of drug-likeness (QED) is 0.356. The van der Waals surface area contributed by atoms with Gasteiger partial charge in [0.05, 0.1) is 45.2 Å². The Hall–Kier alpha value is -4.34. The van der Waals surface area contributed by atoms with Crippen LogP contribution in [0.1, 0.15) is 11.3 Å². The zero-order valence-electron chi connectivity index (χ0n) is 18.3. The van der Waals surface area contributed by atoms with Gasteiger partial charge in [0.1, 0.15) is 17.9 Å². The topological polar surface area (TPSA) is 116 Å². The minimum atomic E-state index is -0.211. The van der Waals surface area contributed by atoms with E-state index in [0.29, 0.717) is 42.6 Å². The predicted octanol–water partition coefficient (Wildman–Crippen LogP) is 2.88. The van der Waals surface area contributed by atoms with Gasteiger partial charge in [-0.05, 0) is 35.9 Å². The van der Waals surface area contributed by atoms with E-state index in [1.54, 1.807) is 49.6 Å². The number of methoxy groups -OCH3 is 2. The highest BCUT2D eigenvalue weighted by atomic mass is 16.5. The summed E-state index contributed by atoms with van der Waals surface area (Å²) in [4.78, 5) is 20.8. The summed E-state index contributed by atoms with van der Waals surface area (Å²) in [5, 5.41) is 11.3. The van der Waals surface area contributed by atoms with E-state index in [2.05, 4.69) is 25.7 Å². The van der Waals surface area contributed by atoms with Crippen LogP contribution in [0.3, 0.4) is 0 Å². The van der Waals surface area contributed by atoms with Crippen LogP contribution in [0.25, 0.3) is 17.1 Å². The number of fused-ring (bicyclic) bond motifs is 1. The molecule has 1 aromatic carbocycles. The molecule has 3 aromatic heterocycles. The average molecular weight is 448 g/mol. The van der Waals surface area contributed by atoms with Gasteiger partial charge in [-0.2, -0.15) is 5.10 Å². The SMILES string of the molecule is COc1ccc(/C=C/C(=O)NCCn2ncc3c(NCc4ccco4)ncnc32)cc1OC. The van der Waals surface area contributed by atoms with Gasteiger partial charge in [0.25, 0.3) is 0 Å². The molecule has 0 spiro atoms. The third kappa shape index (κ3) is 5.29. The third-order valence-corrected chi connectivity index (χ3v) is 4.90. The third-order valence-electron chi connectivity index (χ3n) is 4.90. The molecule has 0 radical (unpaired) electrons. The summed E-state index contributed by atoms with van der Waals surface area (Å²) in [6.07, 6.45) is 8.00. The lowest BCUT2D eigenvalue weighted by atomic mass is 10.2. The van der Waals surface area contributed by atoms with Gasteiger partial charge in [0.15, 0.2) is 17.1 Å². The summed E-state index contributed by atoms with van der Waals surface area (Å²) < 4.78 is 17.6. The van der Waals surface area contributed by atoms with Gasteiger partial charge in [0.2, 0.25) is 5.91 Å². The van der Waals surface area contributed by atoms with Crippen molar-refractivity contribution in [1.29, 1.82) is 0 Å². The maximum absolute atomic E-state index is 12.2. The molecule has 0 saturated carbocycles. The lowest BCUT2D eigenvalue weighted by Crippen LogP contribution is -2.25. The Kier molecular flexibility index (Phi) is 6.84. The molecule has 0 aliphatic rings. The largest absolute Gasteiger partial charge is 0.493 e. The van der Waals surface area contributed by atoms with E-state index in [9.17, 15) is 4.79 Å². The van der Waals surface area contributed by atoms with Crippen molar-refractivity contribution in [3.05, 3.63) is 66.5 Å². The summed E-state index contributed by atoms with van der Waals surface area (Å²) in [5.74, 6) is 2.50. The summed E-state index contributed by atoms with van der Waals surface area (Å²) in [5.41, 5.74) is 1.51. The Morgan fingerprint density at radius 3 is 2.85 bits per heavy atom. The van der Waals surface area contributed by atoms with Crippen LogP contribution in [-0.4, -0.2) is 46.4 Å². The molecule has 4 rings (SSSR count). The van der Waals surface area contributed by atoms with Crippen LogP contribution in [-0.2, 0) is 17.9 Å². The van der Waals surface area contributed by atoms with Crippen LogP contribution in [0, 0.1) is 0 Å². The molecular weight excluding hydrogens is 424 g/mol. The van der Waals surface area contributed by atoms with E-state index in [4.69, 9.17) is 13.9 Å². The number of amides is 1. The molecule has 0 atom stereocenters. The van der Waals surface area contributed by atoms with Crippen LogP contribution in [0.5, 0.6) is 11.5 Å². The van der Waals surface area contributed by atoms with Crippen molar-refractivity contribution >= 4 is 28.8 Å². The van der Waals surface area contributed by atoms with Crippen LogP contribution in [0.4, 0.5) is 5.82 Å². The maximum Gasteiger partial charge on any atom is 0.244 e. The number of carbonyl (C=O) groups excluding carboxylic acids is 1.